The summed E-state index contributed by atoms with van der Waals surface area (Å²) in [6, 6.07) is 5.19. The first-order chi connectivity index (χ1) is 12.1. The molecule has 1 saturated heterocycles. The zero-order valence-corrected chi connectivity index (χ0v) is 15.1. The summed E-state index contributed by atoms with van der Waals surface area (Å²) in [5.74, 6) is 0.332. The van der Waals surface area contributed by atoms with Crippen LogP contribution in [0.1, 0.15) is 63.5 Å². The first-order valence-electron chi connectivity index (χ1n) is 9.33. The Labute approximate surface area is 149 Å². The summed E-state index contributed by atoms with van der Waals surface area (Å²) in [7, 11) is 1.47. The number of methoxy groups -OCH3 is 1. The summed E-state index contributed by atoms with van der Waals surface area (Å²) in [6.45, 7) is 1.53. The number of hydrogen-bond acceptors (Lipinski definition) is 3. The zero-order chi connectivity index (χ0) is 17.8. The lowest BCUT2D eigenvalue weighted by Gasteiger charge is -2.40. The van der Waals surface area contributed by atoms with Crippen molar-refractivity contribution in [3.8, 4) is 5.75 Å². The summed E-state index contributed by atoms with van der Waals surface area (Å²) in [6.07, 6.45) is 7.18. The normalized spacial score (nSPS) is 27.7. The van der Waals surface area contributed by atoms with Crippen LogP contribution in [0.4, 0.5) is 4.39 Å². The van der Waals surface area contributed by atoms with Crippen molar-refractivity contribution in [1.29, 1.82) is 0 Å². The highest BCUT2D eigenvalue weighted by Crippen LogP contribution is 2.40. The largest absolute Gasteiger partial charge is 0.494 e. The van der Waals surface area contributed by atoms with Crippen LogP contribution >= 0.6 is 0 Å². The van der Waals surface area contributed by atoms with Crippen LogP contribution in [-0.2, 0) is 9.53 Å². The number of ether oxygens (including phenoxy) is 2. The maximum Gasteiger partial charge on any atom is 0.217 e. The second-order valence-electron chi connectivity index (χ2n) is 7.29. The highest BCUT2D eigenvalue weighted by Gasteiger charge is 2.36. The van der Waals surface area contributed by atoms with E-state index >= 15 is 0 Å². The molecule has 1 amide bonds. The van der Waals surface area contributed by atoms with Crippen LogP contribution in [-0.4, -0.2) is 25.2 Å². The molecule has 1 heterocycles. The molecule has 25 heavy (non-hydrogen) atoms. The lowest BCUT2D eigenvalue weighted by atomic mass is 9.80. The molecule has 1 saturated carbocycles. The molecule has 0 radical (unpaired) electrons. The summed E-state index contributed by atoms with van der Waals surface area (Å²) < 4.78 is 26.2. The van der Waals surface area contributed by atoms with E-state index in [1.807, 2.05) is 0 Å². The maximum atomic E-state index is 14.7. The lowest BCUT2D eigenvalue weighted by Crippen LogP contribution is -2.45. The fourth-order valence-corrected chi connectivity index (χ4v) is 4.31. The van der Waals surface area contributed by atoms with Crippen LogP contribution in [0, 0.1) is 11.7 Å². The van der Waals surface area contributed by atoms with E-state index in [9.17, 15) is 9.18 Å². The van der Waals surface area contributed by atoms with Gasteiger partial charge in [-0.2, -0.15) is 0 Å². The third-order valence-corrected chi connectivity index (χ3v) is 5.50. The van der Waals surface area contributed by atoms with Crippen molar-refractivity contribution in [2.45, 2.75) is 70.1 Å². The first-order valence-corrected chi connectivity index (χ1v) is 9.33. The fraction of sp³-hybridized carbons (Fsp3) is 0.650. The van der Waals surface area contributed by atoms with Crippen LogP contribution in [0.25, 0.3) is 0 Å². The van der Waals surface area contributed by atoms with Gasteiger partial charge in [-0.3, -0.25) is 4.79 Å². The molecule has 0 bridgehead atoms. The number of carbonyl (C=O) groups excluding carboxylic acids is 1. The predicted molar refractivity (Wildman–Crippen MR) is 94.0 cm³/mol. The van der Waals surface area contributed by atoms with Crippen LogP contribution < -0.4 is 10.1 Å². The van der Waals surface area contributed by atoms with Crippen LogP contribution in [0.15, 0.2) is 18.2 Å². The van der Waals surface area contributed by atoms with E-state index in [0.29, 0.717) is 17.9 Å². The zero-order valence-electron chi connectivity index (χ0n) is 15.1. The second kappa shape index (κ2) is 8.17. The number of rotatable bonds is 4. The Kier molecular flexibility index (Phi) is 5.94. The molecule has 0 unspecified atom stereocenters. The standard InChI is InChI=1S/C20H28FNO3/c1-13(23)22-15-11-18(14-7-4-3-5-8-14)25-19(12-15)16-9-6-10-17(24-2)20(16)21/h6,9-10,14-15,18-19H,3-5,7-8,11-12H2,1-2H3,(H,22,23)/t15-,18-,19+/m0/s1. The molecule has 1 aromatic carbocycles. The molecule has 138 valence electrons. The van der Waals surface area contributed by atoms with E-state index in [-0.39, 0.29) is 35.7 Å². The fourth-order valence-electron chi connectivity index (χ4n) is 4.31. The SMILES string of the molecule is COc1cccc([C@H]2C[C@@H](NC(C)=O)C[C@@H](C3CCCCC3)O2)c1F. The number of hydrogen-bond donors (Lipinski definition) is 1. The number of amides is 1. The molecule has 3 rings (SSSR count). The summed E-state index contributed by atoms with van der Waals surface area (Å²) in [5.41, 5.74) is 0.523. The molecule has 1 aliphatic heterocycles. The summed E-state index contributed by atoms with van der Waals surface area (Å²) in [5, 5.41) is 3.03. The van der Waals surface area contributed by atoms with Gasteiger partial charge in [-0.1, -0.05) is 31.4 Å². The number of benzene rings is 1. The third kappa shape index (κ3) is 4.32. The van der Waals surface area contributed by atoms with Crippen molar-refractivity contribution >= 4 is 5.91 Å². The topological polar surface area (TPSA) is 47.6 Å². The molecule has 1 aromatic rings. The molecule has 0 aromatic heterocycles. The first kappa shape index (κ1) is 18.2. The van der Waals surface area contributed by atoms with Crippen molar-refractivity contribution < 1.29 is 18.7 Å². The van der Waals surface area contributed by atoms with Crippen LogP contribution in [0.5, 0.6) is 5.75 Å². The third-order valence-electron chi connectivity index (χ3n) is 5.50. The molecule has 0 spiro atoms. The van der Waals surface area contributed by atoms with Gasteiger partial charge in [0, 0.05) is 18.5 Å². The Morgan fingerprint density at radius 1 is 1.24 bits per heavy atom. The minimum Gasteiger partial charge on any atom is -0.494 e. The van der Waals surface area contributed by atoms with Gasteiger partial charge in [0.25, 0.3) is 0 Å². The van der Waals surface area contributed by atoms with Gasteiger partial charge in [0.15, 0.2) is 11.6 Å². The summed E-state index contributed by atoms with van der Waals surface area (Å²) in [4.78, 5) is 11.6. The van der Waals surface area contributed by atoms with Gasteiger partial charge in [-0.25, -0.2) is 4.39 Å². The van der Waals surface area contributed by atoms with Crippen LogP contribution in [0.2, 0.25) is 0 Å². The average Bonchev–Trinajstić information content (AvgIpc) is 2.62. The van der Waals surface area contributed by atoms with Gasteiger partial charge in [0.05, 0.1) is 19.3 Å². The molecule has 3 atom stereocenters. The molecule has 1 N–H and O–H groups in total. The van der Waals surface area contributed by atoms with E-state index in [1.165, 1.54) is 33.3 Å². The summed E-state index contributed by atoms with van der Waals surface area (Å²) >= 11 is 0. The van der Waals surface area contributed by atoms with Gasteiger partial charge >= 0.3 is 0 Å². The highest BCUT2D eigenvalue weighted by molar-refractivity contribution is 5.73. The Balaban J connectivity index is 1.82. The Hall–Kier alpha value is -1.62. The van der Waals surface area contributed by atoms with E-state index in [1.54, 1.807) is 18.2 Å². The maximum absolute atomic E-state index is 14.7. The lowest BCUT2D eigenvalue weighted by molar-refractivity contribution is -0.124. The van der Waals surface area contributed by atoms with Gasteiger partial charge < -0.3 is 14.8 Å². The monoisotopic (exact) mass is 349 g/mol. The van der Waals surface area contributed by atoms with Crippen molar-refractivity contribution in [2.24, 2.45) is 5.92 Å². The Morgan fingerprint density at radius 3 is 2.68 bits per heavy atom. The molecule has 5 heteroatoms. The smallest absolute Gasteiger partial charge is 0.217 e. The average molecular weight is 349 g/mol. The van der Waals surface area contributed by atoms with Gasteiger partial charge in [-0.15, -0.1) is 0 Å². The van der Waals surface area contributed by atoms with Crippen molar-refractivity contribution in [2.75, 3.05) is 7.11 Å². The van der Waals surface area contributed by atoms with Gasteiger partial charge in [0.2, 0.25) is 5.91 Å². The highest BCUT2D eigenvalue weighted by atomic mass is 19.1. The van der Waals surface area contributed by atoms with Crippen molar-refractivity contribution in [3.63, 3.8) is 0 Å². The Morgan fingerprint density at radius 2 is 2.00 bits per heavy atom. The van der Waals surface area contributed by atoms with E-state index in [2.05, 4.69) is 5.32 Å². The van der Waals surface area contributed by atoms with E-state index in [4.69, 9.17) is 9.47 Å². The minimum atomic E-state index is -0.360. The van der Waals surface area contributed by atoms with Gasteiger partial charge in [-0.05, 0) is 37.7 Å². The predicted octanol–water partition coefficient (Wildman–Crippen LogP) is 4.14. The number of nitrogens with one attached hydrogen (secondary N) is 1. The quantitative estimate of drug-likeness (QED) is 0.889. The Bertz CT molecular complexity index is 601. The van der Waals surface area contributed by atoms with E-state index < -0.39 is 0 Å². The molecule has 4 nitrogen and oxygen atoms in total. The second-order valence-corrected chi connectivity index (χ2v) is 7.29. The molecular formula is C20H28FNO3. The van der Waals surface area contributed by atoms with Crippen LogP contribution in [0.3, 0.4) is 0 Å². The molecule has 1 aliphatic carbocycles. The van der Waals surface area contributed by atoms with Crippen molar-refractivity contribution in [3.05, 3.63) is 29.6 Å². The molecule has 2 aliphatic rings. The molecule has 2 fully saturated rings. The number of carbonyl (C=O) groups is 1. The van der Waals surface area contributed by atoms with Gasteiger partial charge in [0.1, 0.15) is 0 Å². The molecular weight excluding hydrogens is 321 g/mol. The number of halogens is 1. The van der Waals surface area contributed by atoms with Crippen molar-refractivity contribution in [1.82, 2.24) is 5.32 Å². The van der Waals surface area contributed by atoms with E-state index in [0.717, 1.165) is 19.3 Å². The minimum absolute atomic E-state index is 0.0220.